The molecule has 1 rings (SSSR count). The molecule has 1 aliphatic rings. The SMILES string of the molecule is CCCCCC1(O)CCNC1. The average molecular weight is 157 g/mol. The van der Waals surface area contributed by atoms with E-state index >= 15 is 0 Å². The summed E-state index contributed by atoms with van der Waals surface area (Å²) in [6, 6.07) is 0. The van der Waals surface area contributed by atoms with Crippen LogP contribution < -0.4 is 5.32 Å². The fraction of sp³-hybridized carbons (Fsp3) is 1.00. The zero-order valence-electron chi connectivity index (χ0n) is 7.40. The number of unbranched alkanes of at least 4 members (excludes halogenated alkanes) is 2. The van der Waals surface area contributed by atoms with E-state index in [1.54, 1.807) is 0 Å². The third kappa shape index (κ3) is 2.80. The van der Waals surface area contributed by atoms with Crippen LogP contribution in [0.2, 0.25) is 0 Å². The highest BCUT2D eigenvalue weighted by Gasteiger charge is 2.29. The van der Waals surface area contributed by atoms with Gasteiger partial charge in [-0.05, 0) is 19.4 Å². The summed E-state index contributed by atoms with van der Waals surface area (Å²) in [7, 11) is 0. The monoisotopic (exact) mass is 157 g/mol. The molecule has 0 radical (unpaired) electrons. The first-order chi connectivity index (χ1) is 5.27. The molecule has 0 saturated carbocycles. The molecule has 66 valence electrons. The molecule has 0 aromatic heterocycles. The predicted octanol–water partition coefficient (Wildman–Crippen LogP) is 1.29. The molecule has 0 aromatic carbocycles. The summed E-state index contributed by atoms with van der Waals surface area (Å²) in [5.41, 5.74) is -0.366. The summed E-state index contributed by atoms with van der Waals surface area (Å²) in [4.78, 5) is 0. The maximum Gasteiger partial charge on any atom is 0.0783 e. The summed E-state index contributed by atoms with van der Waals surface area (Å²) >= 11 is 0. The molecule has 2 nitrogen and oxygen atoms in total. The Balaban J connectivity index is 2.13. The van der Waals surface area contributed by atoms with Crippen molar-refractivity contribution in [2.24, 2.45) is 0 Å². The van der Waals surface area contributed by atoms with Gasteiger partial charge in [-0.2, -0.15) is 0 Å². The summed E-state index contributed by atoms with van der Waals surface area (Å²) < 4.78 is 0. The van der Waals surface area contributed by atoms with Gasteiger partial charge in [-0.1, -0.05) is 26.2 Å². The molecule has 0 aliphatic carbocycles. The Morgan fingerprint density at radius 3 is 2.82 bits per heavy atom. The van der Waals surface area contributed by atoms with Crippen molar-refractivity contribution >= 4 is 0 Å². The Kier molecular flexibility index (Phi) is 3.34. The van der Waals surface area contributed by atoms with Crippen LogP contribution in [0.25, 0.3) is 0 Å². The van der Waals surface area contributed by atoms with E-state index in [0.717, 1.165) is 25.9 Å². The maximum atomic E-state index is 9.86. The van der Waals surface area contributed by atoms with Crippen LogP contribution in [-0.2, 0) is 0 Å². The molecule has 0 amide bonds. The number of nitrogens with one attached hydrogen (secondary N) is 1. The van der Waals surface area contributed by atoms with E-state index in [-0.39, 0.29) is 5.60 Å². The largest absolute Gasteiger partial charge is 0.389 e. The predicted molar refractivity (Wildman–Crippen MR) is 46.6 cm³/mol. The fourth-order valence-electron chi connectivity index (χ4n) is 1.65. The zero-order valence-corrected chi connectivity index (χ0v) is 7.40. The Labute approximate surface area is 69.0 Å². The van der Waals surface area contributed by atoms with E-state index in [9.17, 15) is 5.11 Å². The molecule has 1 saturated heterocycles. The molecule has 0 spiro atoms. The molecular weight excluding hydrogens is 138 g/mol. The topological polar surface area (TPSA) is 32.3 Å². The lowest BCUT2D eigenvalue weighted by molar-refractivity contribution is 0.0496. The highest BCUT2D eigenvalue weighted by molar-refractivity contribution is 4.87. The van der Waals surface area contributed by atoms with Gasteiger partial charge in [-0.25, -0.2) is 0 Å². The van der Waals surface area contributed by atoms with Gasteiger partial charge in [0.25, 0.3) is 0 Å². The molecule has 2 N–H and O–H groups in total. The molecule has 0 bridgehead atoms. The normalized spacial score (nSPS) is 31.1. The van der Waals surface area contributed by atoms with Crippen molar-refractivity contribution in [1.82, 2.24) is 5.32 Å². The van der Waals surface area contributed by atoms with Crippen LogP contribution in [0.5, 0.6) is 0 Å². The average Bonchev–Trinajstić information content (AvgIpc) is 2.38. The van der Waals surface area contributed by atoms with E-state index in [1.165, 1.54) is 19.3 Å². The fourth-order valence-corrected chi connectivity index (χ4v) is 1.65. The van der Waals surface area contributed by atoms with Gasteiger partial charge < -0.3 is 10.4 Å². The quantitative estimate of drug-likeness (QED) is 0.603. The standard InChI is InChI=1S/C9H19NO/c1-2-3-4-5-9(11)6-7-10-8-9/h10-11H,2-8H2,1H3. The van der Waals surface area contributed by atoms with E-state index in [0.29, 0.717) is 0 Å². The van der Waals surface area contributed by atoms with Crippen LogP contribution >= 0.6 is 0 Å². The van der Waals surface area contributed by atoms with Crippen LogP contribution in [-0.4, -0.2) is 23.8 Å². The highest BCUT2D eigenvalue weighted by Crippen LogP contribution is 2.21. The van der Waals surface area contributed by atoms with Gasteiger partial charge in [0.15, 0.2) is 0 Å². The van der Waals surface area contributed by atoms with Gasteiger partial charge in [-0.3, -0.25) is 0 Å². The minimum absolute atomic E-state index is 0.366. The van der Waals surface area contributed by atoms with E-state index < -0.39 is 0 Å². The van der Waals surface area contributed by atoms with Crippen molar-refractivity contribution in [3.05, 3.63) is 0 Å². The lowest BCUT2D eigenvalue weighted by Crippen LogP contribution is -2.30. The molecular formula is C9H19NO. The van der Waals surface area contributed by atoms with Crippen molar-refractivity contribution < 1.29 is 5.11 Å². The van der Waals surface area contributed by atoms with Crippen LogP contribution in [0.15, 0.2) is 0 Å². The molecule has 1 atom stereocenters. The summed E-state index contributed by atoms with van der Waals surface area (Å²) in [6.45, 7) is 3.98. The van der Waals surface area contributed by atoms with Crippen molar-refractivity contribution in [2.75, 3.05) is 13.1 Å². The van der Waals surface area contributed by atoms with Gasteiger partial charge in [0.2, 0.25) is 0 Å². The first-order valence-corrected chi connectivity index (χ1v) is 4.70. The van der Waals surface area contributed by atoms with Gasteiger partial charge in [0.05, 0.1) is 5.60 Å². The van der Waals surface area contributed by atoms with E-state index in [1.807, 2.05) is 0 Å². The minimum atomic E-state index is -0.366. The molecule has 1 fully saturated rings. The summed E-state index contributed by atoms with van der Waals surface area (Å²) in [5, 5.41) is 13.0. The second-order valence-corrected chi connectivity index (χ2v) is 3.61. The van der Waals surface area contributed by atoms with Crippen molar-refractivity contribution in [3.8, 4) is 0 Å². The van der Waals surface area contributed by atoms with Crippen LogP contribution in [0, 0.1) is 0 Å². The van der Waals surface area contributed by atoms with E-state index in [4.69, 9.17) is 0 Å². The molecule has 11 heavy (non-hydrogen) atoms. The Morgan fingerprint density at radius 2 is 2.27 bits per heavy atom. The number of β-amino-alcohol motifs (C(OH)–C–C–N with tert-alkyl or cyclic N) is 1. The molecule has 1 heterocycles. The van der Waals surface area contributed by atoms with Crippen molar-refractivity contribution in [2.45, 2.75) is 44.6 Å². The Bertz CT molecular complexity index is 108. The maximum absolute atomic E-state index is 9.86. The lowest BCUT2D eigenvalue weighted by atomic mass is 9.95. The number of rotatable bonds is 4. The van der Waals surface area contributed by atoms with E-state index in [2.05, 4.69) is 12.2 Å². The smallest absolute Gasteiger partial charge is 0.0783 e. The van der Waals surface area contributed by atoms with Gasteiger partial charge >= 0.3 is 0 Å². The first kappa shape index (κ1) is 9.01. The summed E-state index contributed by atoms with van der Waals surface area (Å²) in [5.74, 6) is 0. The Hall–Kier alpha value is -0.0800. The number of hydrogen-bond donors (Lipinski definition) is 2. The second-order valence-electron chi connectivity index (χ2n) is 3.61. The number of aliphatic hydroxyl groups is 1. The highest BCUT2D eigenvalue weighted by atomic mass is 16.3. The van der Waals surface area contributed by atoms with Crippen molar-refractivity contribution in [1.29, 1.82) is 0 Å². The first-order valence-electron chi connectivity index (χ1n) is 4.70. The Morgan fingerprint density at radius 1 is 1.45 bits per heavy atom. The summed E-state index contributed by atoms with van der Waals surface area (Å²) in [6.07, 6.45) is 5.59. The van der Waals surface area contributed by atoms with Crippen LogP contribution in [0.4, 0.5) is 0 Å². The third-order valence-corrected chi connectivity index (χ3v) is 2.47. The minimum Gasteiger partial charge on any atom is -0.389 e. The zero-order chi connectivity index (χ0) is 8.16. The number of hydrogen-bond acceptors (Lipinski definition) is 2. The molecule has 1 unspecified atom stereocenters. The second kappa shape index (κ2) is 4.07. The van der Waals surface area contributed by atoms with Gasteiger partial charge in [0.1, 0.15) is 0 Å². The third-order valence-electron chi connectivity index (χ3n) is 2.47. The molecule has 2 heteroatoms. The molecule has 0 aromatic rings. The van der Waals surface area contributed by atoms with Gasteiger partial charge in [0, 0.05) is 6.54 Å². The van der Waals surface area contributed by atoms with Crippen LogP contribution in [0.3, 0.4) is 0 Å². The molecule has 1 aliphatic heterocycles. The lowest BCUT2D eigenvalue weighted by Gasteiger charge is -2.20. The van der Waals surface area contributed by atoms with Crippen LogP contribution in [0.1, 0.15) is 39.0 Å². The van der Waals surface area contributed by atoms with Gasteiger partial charge in [-0.15, -0.1) is 0 Å². The van der Waals surface area contributed by atoms with Crippen molar-refractivity contribution in [3.63, 3.8) is 0 Å².